The van der Waals surface area contributed by atoms with E-state index < -0.39 is 16.1 Å². The smallest absolute Gasteiger partial charge is 0.129 e. The number of halogens is 1. The van der Waals surface area contributed by atoms with Crippen LogP contribution in [0.15, 0.2) is 0 Å². The zero-order chi connectivity index (χ0) is 22.9. The summed E-state index contributed by atoms with van der Waals surface area (Å²) in [5.41, 5.74) is 6.58. The van der Waals surface area contributed by atoms with Crippen LogP contribution in [0.2, 0.25) is 39.3 Å². The first-order chi connectivity index (χ1) is 13.0. The van der Waals surface area contributed by atoms with Crippen LogP contribution in [0.4, 0.5) is 0 Å². The Morgan fingerprint density at radius 1 is 0.714 bits per heavy atom. The van der Waals surface area contributed by atoms with Crippen molar-refractivity contribution in [2.75, 3.05) is 17.6 Å². The highest BCUT2D eigenvalue weighted by Gasteiger charge is 2.07. The molecule has 28 heavy (non-hydrogen) atoms. The molecule has 0 rings (SSSR count). The van der Waals surface area contributed by atoms with E-state index in [4.69, 9.17) is 16.6 Å². The van der Waals surface area contributed by atoms with Gasteiger partial charge >= 0.3 is 0 Å². The molecule has 0 aromatic rings. The first-order valence-corrected chi connectivity index (χ1v) is 18.8. The summed E-state index contributed by atoms with van der Waals surface area (Å²) < 4.78 is 1.23. The molecule has 0 spiro atoms. The molecule has 0 heterocycles. The molecule has 0 aromatic heterocycles. The maximum absolute atomic E-state index is 8.44. The van der Waals surface area contributed by atoms with Gasteiger partial charge in [-0.2, -0.15) is 0 Å². The Balaban J connectivity index is -0.000000152. The van der Waals surface area contributed by atoms with Gasteiger partial charge in [0.2, 0.25) is 0 Å². The van der Waals surface area contributed by atoms with E-state index in [-0.39, 0.29) is 13.2 Å². The van der Waals surface area contributed by atoms with E-state index in [9.17, 15) is 0 Å². The zero-order valence-corrected chi connectivity index (χ0v) is 23.9. The molecule has 0 aliphatic heterocycles. The molecule has 164 valence electrons. The van der Waals surface area contributed by atoms with Crippen LogP contribution in [0.3, 0.4) is 0 Å². The molecule has 0 saturated heterocycles. The predicted molar refractivity (Wildman–Crippen MR) is 143 cm³/mol. The third kappa shape index (κ3) is 56.2. The van der Waals surface area contributed by atoms with Crippen molar-refractivity contribution in [3.8, 4) is 35.3 Å². The Bertz CT molecular complexity index is 428. The Morgan fingerprint density at radius 2 is 1.07 bits per heavy atom. The van der Waals surface area contributed by atoms with Crippen molar-refractivity contribution in [1.82, 2.24) is 0 Å². The first-order valence-electron chi connectivity index (χ1n) is 10.2. The van der Waals surface area contributed by atoms with E-state index in [1.54, 1.807) is 0 Å². The van der Waals surface area contributed by atoms with Gasteiger partial charge in [0.05, 0.1) is 0 Å². The molecular formula is C23H45IO2Si2. The molecule has 0 fully saturated rings. The first kappa shape index (κ1) is 35.2. The molecule has 0 unspecified atom stereocenters. The molecule has 0 atom stereocenters. The Morgan fingerprint density at radius 3 is 1.32 bits per heavy atom. The lowest BCUT2D eigenvalue weighted by Gasteiger charge is -2.02. The summed E-state index contributed by atoms with van der Waals surface area (Å²) in [6, 6.07) is 0. The maximum atomic E-state index is 8.44. The van der Waals surface area contributed by atoms with Crippen LogP contribution in [0.1, 0.15) is 52.4 Å². The highest BCUT2D eigenvalue weighted by molar-refractivity contribution is 14.1. The van der Waals surface area contributed by atoms with Gasteiger partial charge in [-0.15, -0.1) is 35.3 Å². The number of terminal acetylenes is 1. The fourth-order valence-electron chi connectivity index (χ4n) is 1.16. The SMILES string of the molecule is C#CCCCO.CC.C[Si](C)(C)C#CCCCI.C[Si](C)(C)C#CCCCO. The molecule has 0 bridgehead atoms. The number of alkyl halides is 1. The quantitative estimate of drug-likeness (QED) is 0.141. The van der Waals surface area contributed by atoms with E-state index in [0.717, 1.165) is 25.7 Å². The summed E-state index contributed by atoms with van der Waals surface area (Å²) in [4.78, 5) is 0. The van der Waals surface area contributed by atoms with Gasteiger partial charge in [-0.3, -0.25) is 0 Å². The van der Waals surface area contributed by atoms with Crippen molar-refractivity contribution < 1.29 is 10.2 Å². The van der Waals surface area contributed by atoms with Crippen molar-refractivity contribution in [3.63, 3.8) is 0 Å². The van der Waals surface area contributed by atoms with Crippen molar-refractivity contribution in [1.29, 1.82) is 0 Å². The Kier molecular flexibility index (Phi) is 33.7. The summed E-state index contributed by atoms with van der Waals surface area (Å²) in [5, 5.41) is 16.5. The second-order valence-corrected chi connectivity index (χ2v) is 18.3. The number of rotatable bonds is 6. The summed E-state index contributed by atoms with van der Waals surface area (Å²) in [5.74, 6) is 8.72. The van der Waals surface area contributed by atoms with Crippen molar-refractivity contribution >= 4 is 38.7 Å². The average molecular weight is 537 g/mol. The highest BCUT2D eigenvalue weighted by atomic mass is 127. The van der Waals surface area contributed by atoms with E-state index in [1.165, 1.54) is 10.8 Å². The van der Waals surface area contributed by atoms with Crippen LogP contribution in [0.25, 0.3) is 0 Å². The summed E-state index contributed by atoms with van der Waals surface area (Å²) in [6.45, 7) is 18.0. The van der Waals surface area contributed by atoms with Gasteiger partial charge < -0.3 is 10.2 Å². The van der Waals surface area contributed by atoms with Crippen molar-refractivity contribution in [2.24, 2.45) is 0 Å². The molecule has 5 heteroatoms. The lowest BCUT2D eigenvalue weighted by atomic mass is 10.3. The molecule has 2 nitrogen and oxygen atoms in total. The zero-order valence-electron chi connectivity index (χ0n) is 19.7. The number of aliphatic hydroxyl groups excluding tert-OH is 2. The number of aliphatic hydroxyl groups is 2. The van der Waals surface area contributed by atoms with Crippen LogP contribution in [0, 0.1) is 35.3 Å². The van der Waals surface area contributed by atoms with Gasteiger partial charge in [-0.1, -0.05) is 75.7 Å². The third-order valence-electron chi connectivity index (χ3n) is 2.30. The standard InChI is InChI=1S/C8H15ISi.C8H16OSi.C5H8O.C2H6/c2*1-10(2,3)8-6-4-5-7-9;1-2-3-4-5-6;1-2/h4-5,7H2,1-3H3;9H,4-5,7H2,1-3H3;1,6H,3-5H2;1-2H3. The van der Waals surface area contributed by atoms with Gasteiger partial charge in [0.25, 0.3) is 0 Å². The lowest BCUT2D eigenvalue weighted by molar-refractivity contribution is 0.290. The molecule has 0 aliphatic carbocycles. The molecule has 0 saturated carbocycles. The third-order valence-corrected chi connectivity index (χ3v) is 4.92. The van der Waals surface area contributed by atoms with Crippen molar-refractivity contribution in [3.05, 3.63) is 0 Å². The number of unbranched alkanes of at least 4 members (excludes halogenated alkanes) is 3. The number of hydrogen-bond acceptors (Lipinski definition) is 2. The molecule has 0 aromatic carbocycles. The minimum absolute atomic E-state index is 0.212. The summed E-state index contributed by atoms with van der Waals surface area (Å²) in [6.07, 6.45) is 10.3. The van der Waals surface area contributed by atoms with Gasteiger partial charge in [0.1, 0.15) is 16.1 Å². The largest absolute Gasteiger partial charge is 0.396 e. The van der Waals surface area contributed by atoms with Gasteiger partial charge in [0, 0.05) is 36.9 Å². The van der Waals surface area contributed by atoms with Crippen LogP contribution >= 0.6 is 22.6 Å². The molecule has 2 N–H and O–H groups in total. The van der Waals surface area contributed by atoms with Gasteiger partial charge in [-0.05, 0) is 19.3 Å². The Labute approximate surface area is 192 Å². The topological polar surface area (TPSA) is 40.5 Å². The second kappa shape index (κ2) is 26.8. The highest BCUT2D eigenvalue weighted by Crippen LogP contribution is 1.98. The van der Waals surface area contributed by atoms with E-state index in [1.807, 2.05) is 13.8 Å². The van der Waals surface area contributed by atoms with E-state index in [0.29, 0.717) is 6.42 Å². The average Bonchev–Trinajstić information content (AvgIpc) is 2.62. The van der Waals surface area contributed by atoms with E-state index >= 15 is 0 Å². The fraction of sp³-hybridized carbons (Fsp3) is 0.739. The van der Waals surface area contributed by atoms with E-state index in [2.05, 4.69) is 90.7 Å². The minimum atomic E-state index is -1.15. The minimum Gasteiger partial charge on any atom is -0.396 e. The predicted octanol–water partition coefficient (Wildman–Crippen LogP) is 6.14. The molecular weight excluding hydrogens is 491 g/mol. The fourth-order valence-corrected chi connectivity index (χ4v) is 2.85. The van der Waals surface area contributed by atoms with Crippen LogP contribution < -0.4 is 0 Å². The van der Waals surface area contributed by atoms with Crippen molar-refractivity contribution in [2.45, 2.75) is 91.7 Å². The monoisotopic (exact) mass is 536 g/mol. The summed E-state index contributed by atoms with van der Waals surface area (Å²) in [7, 11) is -2.22. The molecule has 0 aliphatic rings. The van der Waals surface area contributed by atoms with Crippen LogP contribution in [-0.4, -0.2) is 44.0 Å². The van der Waals surface area contributed by atoms with Crippen LogP contribution in [-0.2, 0) is 0 Å². The molecule has 0 amide bonds. The Hall–Kier alpha value is -0.236. The lowest BCUT2D eigenvalue weighted by Crippen LogP contribution is -2.16. The summed E-state index contributed by atoms with van der Waals surface area (Å²) >= 11 is 2.39. The number of hydrogen-bond donors (Lipinski definition) is 2. The normalized spacial score (nSPS) is 9.21. The van der Waals surface area contributed by atoms with Gasteiger partial charge in [0.15, 0.2) is 0 Å². The molecule has 0 radical (unpaired) electrons. The maximum Gasteiger partial charge on any atom is 0.129 e. The second-order valence-electron chi connectivity index (χ2n) is 7.75. The van der Waals surface area contributed by atoms with Crippen LogP contribution in [0.5, 0.6) is 0 Å². The van der Waals surface area contributed by atoms with Gasteiger partial charge in [-0.25, -0.2) is 0 Å².